The third kappa shape index (κ3) is 7.96. The maximum Gasteiger partial charge on any atom is 0.305 e. The molecule has 0 radical (unpaired) electrons. The summed E-state index contributed by atoms with van der Waals surface area (Å²) in [6, 6.07) is 0. The number of esters is 1. The SMILES string of the molecule is C[N+](C)(C)CCOP(=O)([O-])OC[C@@H](COC(=O)CCCCCC1CC2C1C1C3C4CCC4C3C21)OCCCCCCCCC1CCC2C(C1)C1C3CCC3C21. The first kappa shape index (κ1) is 39.9. The molecular formula is C46H76NO7P. The Morgan fingerprint density at radius 1 is 0.618 bits per heavy atom. The third-order valence-corrected chi connectivity index (χ3v) is 19.2. The monoisotopic (exact) mass is 786 g/mol. The first-order chi connectivity index (χ1) is 26.6. The Bertz CT molecular complexity index is 1370. The molecule has 9 rings (SSSR count). The second kappa shape index (κ2) is 16.5. The van der Waals surface area contributed by atoms with Gasteiger partial charge in [-0.1, -0.05) is 64.2 Å². The number of ether oxygens (including phenoxy) is 2. The zero-order valence-electron chi connectivity index (χ0n) is 34.7. The van der Waals surface area contributed by atoms with E-state index in [2.05, 4.69) is 0 Å². The second-order valence-electron chi connectivity index (χ2n) is 21.8. The molecule has 0 aromatic carbocycles. The molecule has 9 saturated carbocycles. The summed E-state index contributed by atoms with van der Waals surface area (Å²) in [4.78, 5) is 25.2. The summed E-state index contributed by atoms with van der Waals surface area (Å²) in [5, 5.41) is 0. The molecule has 0 saturated heterocycles. The van der Waals surface area contributed by atoms with Gasteiger partial charge in [-0.2, -0.15) is 0 Å². The quantitative estimate of drug-likeness (QED) is 0.0300. The van der Waals surface area contributed by atoms with Crippen molar-refractivity contribution in [1.29, 1.82) is 0 Å². The van der Waals surface area contributed by atoms with Crippen molar-refractivity contribution in [2.45, 2.75) is 135 Å². The maximum absolute atomic E-state index is 12.7. The van der Waals surface area contributed by atoms with E-state index in [1.807, 2.05) is 21.1 Å². The largest absolute Gasteiger partial charge is 0.756 e. The topological polar surface area (TPSA) is 94.1 Å². The molecule has 0 heterocycles. The average Bonchev–Trinajstić information content (AvgIpc) is 3.10. The molecule has 0 aromatic heterocycles. The molecule has 18 atom stereocenters. The minimum atomic E-state index is -4.49. The van der Waals surface area contributed by atoms with E-state index in [0.717, 1.165) is 120 Å². The molecule has 0 spiro atoms. The van der Waals surface area contributed by atoms with Crippen LogP contribution in [0.25, 0.3) is 0 Å². The minimum Gasteiger partial charge on any atom is -0.756 e. The van der Waals surface area contributed by atoms with Gasteiger partial charge in [-0.15, -0.1) is 0 Å². The summed E-state index contributed by atoms with van der Waals surface area (Å²) in [6.07, 6.45) is 25.0. The van der Waals surface area contributed by atoms with Gasteiger partial charge in [0.1, 0.15) is 25.9 Å². The summed E-state index contributed by atoms with van der Waals surface area (Å²) >= 11 is 0. The van der Waals surface area contributed by atoms with Gasteiger partial charge in [-0.05, 0) is 152 Å². The number of quaternary nitrogens is 1. The number of hydrogen-bond acceptors (Lipinski definition) is 7. The van der Waals surface area contributed by atoms with E-state index in [9.17, 15) is 14.3 Å². The summed E-state index contributed by atoms with van der Waals surface area (Å²) in [6.45, 7) is 0.887. The van der Waals surface area contributed by atoms with Gasteiger partial charge in [0.2, 0.25) is 0 Å². The lowest BCUT2D eigenvalue weighted by Crippen LogP contribution is -2.80. The molecule has 9 aliphatic rings. The van der Waals surface area contributed by atoms with E-state index in [4.69, 9.17) is 18.5 Å². The number of fused-ring (bicyclic) bond motifs is 17. The molecule has 55 heavy (non-hydrogen) atoms. The highest BCUT2D eigenvalue weighted by molar-refractivity contribution is 7.45. The van der Waals surface area contributed by atoms with Crippen LogP contribution in [0.1, 0.15) is 128 Å². The second-order valence-corrected chi connectivity index (χ2v) is 23.2. The van der Waals surface area contributed by atoms with Crippen LogP contribution in [0.5, 0.6) is 0 Å². The van der Waals surface area contributed by atoms with Crippen molar-refractivity contribution in [2.24, 2.45) is 94.7 Å². The molecular weight excluding hydrogens is 709 g/mol. The molecule has 0 amide bonds. The van der Waals surface area contributed by atoms with Crippen molar-refractivity contribution in [1.82, 2.24) is 0 Å². The Labute approximate surface area is 333 Å². The normalized spacial score (nSPS) is 43.6. The van der Waals surface area contributed by atoms with Crippen LogP contribution in [-0.4, -0.2) is 70.7 Å². The molecule has 0 aromatic rings. The van der Waals surface area contributed by atoms with Crippen LogP contribution < -0.4 is 4.89 Å². The number of likely N-dealkylation sites (N-methyl/N-ethyl adjacent to an activating group) is 1. The number of carbonyl (C=O) groups is 1. The van der Waals surface area contributed by atoms with Crippen molar-refractivity contribution in [3.63, 3.8) is 0 Å². The van der Waals surface area contributed by atoms with E-state index >= 15 is 0 Å². The van der Waals surface area contributed by atoms with Gasteiger partial charge in [0.15, 0.2) is 0 Å². The van der Waals surface area contributed by atoms with Crippen LogP contribution in [0, 0.1) is 94.7 Å². The van der Waals surface area contributed by atoms with Crippen LogP contribution in [0.15, 0.2) is 0 Å². The lowest BCUT2D eigenvalue weighted by molar-refractivity contribution is -0.870. The highest BCUT2D eigenvalue weighted by Gasteiger charge is 2.79. The lowest BCUT2D eigenvalue weighted by atomic mass is 9.20. The molecule has 0 bridgehead atoms. The third-order valence-electron chi connectivity index (χ3n) is 18.2. The molecule has 9 heteroatoms. The fraction of sp³-hybridized carbons (Fsp3) is 0.978. The van der Waals surface area contributed by atoms with Gasteiger partial charge in [0.05, 0.1) is 27.7 Å². The van der Waals surface area contributed by atoms with Gasteiger partial charge in [0, 0.05) is 13.0 Å². The number of carbonyl (C=O) groups excluding carboxylic acids is 1. The Balaban J connectivity index is 0.620. The van der Waals surface area contributed by atoms with Crippen LogP contribution in [0.3, 0.4) is 0 Å². The smallest absolute Gasteiger partial charge is 0.305 e. The van der Waals surface area contributed by atoms with Crippen LogP contribution in [-0.2, 0) is 27.9 Å². The van der Waals surface area contributed by atoms with Crippen molar-refractivity contribution in [3.8, 4) is 0 Å². The van der Waals surface area contributed by atoms with E-state index in [0.29, 0.717) is 24.1 Å². The summed E-state index contributed by atoms with van der Waals surface area (Å²) < 4.78 is 35.1. The number of phosphoric acid groups is 1. The molecule has 0 N–H and O–H groups in total. The number of unbranched alkanes of at least 4 members (excludes halogenated alkanes) is 7. The molecule has 0 aliphatic heterocycles. The Hall–Kier alpha value is -0.500. The van der Waals surface area contributed by atoms with Gasteiger partial charge in [-0.3, -0.25) is 9.36 Å². The van der Waals surface area contributed by atoms with E-state index < -0.39 is 13.9 Å². The van der Waals surface area contributed by atoms with Crippen LogP contribution in [0.2, 0.25) is 0 Å². The first-order valence-electron chi connectivity index (χ1n) is 23.8. The average molecular weight is 786 g/mol. The Morgan fingerprint density at radius 2 is 1.22 bits per heavy atom. The van der Waals surface area contributed by atoms with Crippen molar-refractivity contribution >= 4 is 13.8 Å². The van der Waals surface area contributed by atoms with Crippen molar-refractivity contribution in [3.05, 3.63) is 0 Å². The highest BCUT2D eigenvalue weighted by atomic mass is 31.2. The van der Waals surface area contributed by atoms with E-state index in [1.54, 1.807) is 19.3 Å². The summed E-state index contributed by atoms with van der Waals surface area (Å²) in [5.74, 6) is 17.5. The maximum atomic E-state index is 12.7. The fourth-order valence-corrected chi connectivity index (χ4v) is 16.1. The van der Waals surface area contributed by atoms with Crippen molar-refractivity contribution < 1.29 is 37.3 Å². The van der Waals surface area contributed by atoms with E-state index in [1.165, 1.54) is 77.0 Å². The standard InChI is InChI=1S/C46H76NO7P/c1-47(2,3)22-24-53-55(49,50)54-28-31(51-23-12-7-5-4-6-9-13-29-16-17-36-37(25-29)42-33-19-18-32(33)41(36)42)27-52-39(48)15-11-8-10-14-30-26-38-40(30)46-44-35-21-20-34(35)43(44)45(38)46/h29-38,40-46H,4-28H2,1-3H3/t29?,30?,31-,32?,33?,34?,35?,36?,37?,38?,40?,41?,42?,43?,44?,45?,46?/m1/s1. The zero-order valence-corrected chi connectivity index (χ0v) is 35.6. The molecule has 8 nitrogen and oxygen atoms in total. The summed E-state index contributed by atoms with van der Waals surface area (Å²) in [5.41, 5.74) is 0. The van der Waals surface area contributed by atoms with Crippen LogP contribution >= 0.6 is 7.82 Å². The van der Waals surface area contributed by atoms with Crippen LogP contribution in [0.4, 0.5) is 0 Å². The van der Waals surface area contributed by atoms with Gasteiger partial charge < -0.3 is 27.9 Å². The molecule has 312 valence electrons. The molecule has 9 aliphatic carbocycles. The number of phosphoric ester groups is 1. The van der Waals surface area contributed by atoms with Gasteiger partial charge >= 0.3 is 5.97 Å². The highest BCUT2D eigenvalue weighted by Crippen LogP contribution is 2.84. The number of hydrogen-bond donors (Lipinski definition) is 0. The zero-order chi connectivity index (χ0) is 37.9. The summed E-state index contributed by atoms with van der Waals surface area (Å²) in [7, 11) is 1.46. The number of rotatable bonds is 25. The first-order valence-corrected chi connectivity index (χ1v) is 25.2. The predicted octanol–water partition coefficient (Wildman–Crippen LogP) is 8.91. The van der Waals surface area contributed by atoms with Gasteiger partial charge in [-0.25, -0.2) is 0 Å². The van der Waals surface area contributed by atoms with Gasteiger partial charge in [0.25, 0.3) is 7.82 Å². The fourth-order valence-electron chi connectivity index (χ4n) is 15.3. The predicted molar refractivity (Wildman–Crippen MR) is 211 cm³/mol. The number of nitrogens with zero attached hydrogens (tertiary/aromatic N) is 1. The minimum absolute atomic E-state index is 0.000827. The van der Waals surface area contributed by atoms with Crippen molar-refractivity contribution in [2.75, 3.05) is 54.1 Å². The molecule has 17 unspecified atom stereocenters. The Morgan fingerprint density at radius 3 is 1.96 bits per heavy atom. The van der Waals surface area contributed by atoms with E-state index in [-0.39, 0.29) is 25.8 Å². The lowest BCUT2D eigenvalue weighted by Gasteiger charge is -2.85. The Kier molecular flexibility index (Phi) is 12.0. The molecule has 9 fully saturated rings.